The van der Waals surface area contributed by atoms with E-state index in [1.807, 2.05) is 31.2 Å². The Labute approximate surface area is 160 Å². The van der Waals surface area contributed by atoms with Gasteiger partial charge in [-0.2, -0.15) is 4.98 Å². The van der Waals surface area contributed by atoms with Crippen LogP contribution >= 0.6 is 0 Å². The van der Waals surface area contributed by atoms with Gasteiger partial charge in [-0.05, 0) is 49.8 Å². The van der Waals surface area contributed by atoms with Gasteiger partial charge in [-0.1, -0.05) is 38.3 Å². The maximum atomic E-state index is 13.1. The molecule has 0 spiro atoms. The highest BCUT2D eigenvalue weighted by Crippen LogP contribution is 2.33. The summed E-state index contributed by atoms with van der Waals surface area (Å²) in [4.78, 5) is 22.6. The van der Waals surface area contributed by atoms with E-state index in [-0.39, 0.29) is 5.56 Å². The van der Waals surface area contributed by atoms with Crippen LogP contribution in [-0.4, -0.2) is 15.3 Å². The first-order chi connectivity index (χ1) is 13.2. The van der Waals surface area contributed by atoms with Gasteiger partial charge in [0.05, 0.1) is 5.56 Å². The predicted octanol–water partition coefficient (Wildman–Crippen LogP) is 4.96. The average Bonchev–Trinajstić information content (AvgIpc) is 3.10. The second kappa shape index (κ2) is 7.67. The second-order valence-corrected chi connectivity index (χ2v) is 7.69. The second-order valence-electron chi connectivity index (χ2n) is 7.69. The third-order valence-corrected chi connectivity index (χ3v) is 5.54. The van der Waals surface area contributed by atoms with Gasteiger partial charge in [0.2, 0.25) is 0 Å². The smallest absolute Gasteiger partial charge is 0.306 e. The molecule has 0 N–H and O–H groups in total. The van der Waals surface area contributed by atoms with E-state index in [0.717, 1.165) is 23.3 Å². The minimum Gasteiger partial charge on any atom is -0.425 e. The monoisotopic (exact) mass is 365 g/mol. The molecule has 0 amide bonds. The number of aryl methyl sites for hydroxylation is 1. The first kappa shape index (κ1) is 18.0. The largest absolute Gasteiger partial charge is 0.425 e. The fourth-order valence-corrected chi connectivity index (χ4v) is 4.12. The highest BCUT2D eigenvalue weighted by atomic mass is 16.5. The zero-order valence-corrected chi connectivity index (χ0v) is 16.2. The van der Waals surface area contributed by atoms with Gasteiger partial charge in [0.25, 0.3) is 5.56 Å². The van der Waals surface area contributed by atoms with Crippen LogP contribution in [0.2, 0.25) is 0 Å². The maximum absolute atomic E-state index is 13.1. The average molecular weight is 365 g/mol. The van der Waals surface area contributed by atoms with Crippen molar-refractivity contribution in [1.29, 1.82) is 0 Å². The Morgan fingerprint density at radius 2 is 2.04 bits per heavy atom. The minimum atomic E-state index is -0.000868. The molecule has 27 heavy (non-hydrogen) atoms. The molecule has 0 unspecified atom stereocenters. The highest BCUT2D eigenvalue weighted by Gasteiger charge is 2.29. The molecule has 1 aromatic carbocycles. The van der Waals surface area contributed by atoms with Gasteiger partial charge in [0, 0.05) is 18.7 Å². The van der Waals surface area contributed by atoms with Crippen LogP contribution in [0.15, 0.2) is 34.1 Å². The molecule has 1 aliphatic carbocycles. The summed E-state index contributed by atoms with van der Waals surface area (Å²) in [7, 11) is 0. The van der Waals surface area contributed by atoms with Crippen LogP contribution in [0.25, 0.3) is 0 Å². The molecule has 1 aliphatic heterocycles. The first-order valence-electron chi connectivity index (χ1n) is 10.1. The van der Waals surface area contributed by atoms with Crippen molar-refractivity contribution >= 4 is 11.5 Å². The van der Waals surface area contributed by atoms with E-state index in [9.17, 15) is 4.79 Å². The van der Waals surface area contributed by atoms with Crippen molar-refractivity contribution in [3.63, 3.8) is 0 Å². The third kappa shape index (κ3) is 3.68. The lowest BCUT2D eigenvalue weighted by Crippen LogP contribution is -2.27. The number of hydrogen-bond donors (Lipinski definition) is 0. The van der Waals surface area contributed by atoms with Crippen LogP contribution in [0.1, 0.15) is 56.6 Å². The Kier molecular flexibility index (Phi) is 5.10. The van der Waals surface area contributed by atoms with E-state index in [4.69, 9.17) is 9.73 Å². The number of hydrogen-bond acceptors (Lipinski definition) is 4. The Morgan fingerprint density at radius 1 is 1.22 bits per heavy atom. The molecule has 2 heterocycles. The Hall–Kier alpha value is -2.43. The van der Waals surface area contributed by atoms with Gasteiger partial charge in [-0.25, -0.2) is 4.99 Å². The van der Waals surface area contributed by atoms with Crippen LogP contribution in [0.4, 0.5) is 5.82 Å². The molecule has 4 rings (SSSR count). The third-order valence-electron chi connectivity index (χ3n) is 5.54. The molecule has 142 valence electrons. The fraction of sp³-hybridized carbons (Fsp3) is 0.500. The minimum absolute atomic E-state index is 0.000868. The summed E-state index contributed by atoms with van der Waals surface area (Å²) in [5.74, 6) is 1.77. The predicted molar refractivity (Wildman–Crippen MR) is 107 cm³/mol. The number of benzene rings is 1. The normalized spacial score (nSPS) is 16.9. The van der Waals surface area contributed by atoms with Crippen molar-refractivity contribution in [1.82, 2.24) is 9.55 Å². The number of aromatic nitrogens is 2. The van der Waals surface area contributed by atoms with Crippen LogP contribution < -0.4 is 10.3 Å². The zero-order chi connectivity index (χ0) is 18.8. The molecule has 1 saturated carbocycles. The van der Waals surface area contributed by atoms with Gasteiger partial charge >= 0.3 is 6.01 Å². The van der Waals surface area contributed by atoms with Crippen LogP contribution in [0.3, 0.4) is 0 Å². The molecule has 1 fully saturated rings. The van der Waals surface area contributed by atoms with Crippen molar-refractivity contribution in [2.45, 2.75) is 65.3 Å². The molecule has 0 saturated heterocycles. The summed E-state index contributed by atoms with van der Waals surface area (Å²) in [6.07, 6.45) is 7.70. The van der Waals surface area contributed by atoms with E-state index < -0.39 is 0 Å². The summed E-state index contributed by atoms with van der Waals surface area (Å²) in [6.45, 7) is 4.67. The van der Waals surface area contributed by atoms with Crippen molar-refractivity contribution in [2.75, 3.05) is 0 Å². The number of ether oxygens (including phenoxy) is 1. The van der Waals surface area contributed by atoms with Crippen LogP contribution in [-0.2, 0) is 13.0 Å². The van der Waals surface area contributed by atoms with Crippen LogP contribution in [0, 0.1) is 12.8 Å². The Balaban J connectivity index is 1.70. The topological polar surface area (TPSA) is 56.5 Å². The molecule has 5 heteroatoms. The van der Waals surface area contributed by atoms with E-state index >= 15 is 0 Å². The number of aliphatic imine (C=N–C) groups is 1. The molecular formula is C22H27N3O2. The summed E-state index contributed by atoms with van der Waals surface area (Å²) in [6, 6.07) is 8.15. The maximum Gasteiger partial charge on any atom is 0.306 e. The van der Waals surface area contributed by atoms with Crippen LogP contribution in [0.5, 0.6) is 11.8 Å². The quantitative estimate of drug-likeness (QED) is 0.752. The standard InChI is InChI=1S/C22H27N3O2/c1-3-12-25-21(26)18-14-19(16-9-5-4-6-10-16)23-20(18)24-22(25)27-17-11-7-8-15(2)13-17/h7-8,11,13,16H,3-6,9-10,12,14H2,1-2H3. The first-order valence-corrected chi connectivity index (χ1v) is 10.1. The molecule has 0 bridgehead atoms. The zero-order valence-electron chi connectivity index (χ0n) is 16.2. The SMILES string of the molecule is CCCn1c(Oc2cccc(C)c2)nc2c(c1=O)CC(C1CCCCC1)=N2. The molecule has 5 nitrogen and oxygen atoms in total. The number of rotatable bonds is 5. The van der Waals surface area contributed by atoms with E-state index in [2.05, 4.69) is 11.9 Å². The molecule has 0 radical (unpaired) electrons. The Morgan fingerprint density at radius 3 is 2.78 bits per heavy atom. The fourth-order valence-electron chi connectivity index (χ4n) is 4.12. The van der Waals surface area contributed by atoms with Gasteiger partial charge in [0.1, 0.15) is 5.75 Å². The van der Waals surface area contributed by atoms with Crippen molar-refractivity contribution < 1.29 is 4.74 Å². The number of nitrogens with zero attached hydrogens (tertiary/aromatic N) is 3. The lowest BCUT2D eigenvalue weighted by Gasteiger charge is -2.21. The van der Waals surface area contributed by atoms with Gasteiger partial charge < -0.3 is 4.74 Å². The molecule has 2 aromatic rings. The molecule has 2 aliphatic rings. The van der Waals surface area contributed by atoms with E-state index in [1.54, 1.807) is 4.57 Å². The molecule has 0 atom stereocenters. The summed E-state index contributed by atoms with van der Waals surface area (Å²) in [5.41, 5.74) is 2.99. The molecular weight excluding hydrogens is 338 g/mol. The Bertz CT molecular complexity index is 924. The van der Waals surface area contributed by atoms with Gasteiger partial charge in [0.15, 0.2) is 5.82 Å². The van der Waals surface area contributed by atoms with E-state index in [0.29, 0.717) is 36.5 Å². The lowest BCUT2D eigenvalue weighted by atomic mass is 9.84. The summed E-state index contributed by atoms with van der Waals surface area (Å²) in [5, 5.41) is 0. The summed E-state index contributed by atoms with van der Waals surface area (Å²) >= 11 is 0. The van der Waals surface area contributed by atoms with E-state index in [1.165, 1.54) is 32.1 Å². The summed E-state index contributed by atoms with van der Waals surface area (Å²) < 4.78 is 7.68. The highest BCUT2D eigenvalue weighted by molar-refractivity contribution is 5.94. The van der Waals surface area contributed by atoms with Crippen molar-refractivity contribution in [2.24, 2.45) is 10.9 Å². The van der Waals surface area contributed by atoms with Gasteiger partial charge in [-0.3, -0.25) is 9.36 Å². The lowest BCUT2D eigenvalue weighted by molar-refractivity contribution is 0.395. The van der Waals surface area contributed by atoms with Crippen molar-refractivity contribution in [3.05, 3.63) is 45.7 Å². The van der Waals surface area contributed by atoms with Crippen molar-refractivity contribution in [3.8, 4) is 11.8 Å². The molecule has 1 aromatic heterocycles. The van der Waals surface area contributed by atoms with Gasteiger partial charge in [-0.15, -0.1) is 0 Å². The number of fused-ring (bicyclic) bond motifs is 1.